The number of benzene rings is 2. The predicted molar refractivity (Wildman–Crippen MR) is 104 cm³/mol. The van der Waals surface area contributed by atoms with Gasteiger partial charge in [-0.2, -0.15) is 5.10 Å². The fraction of sp³-hybridized carbons (Fsp3) is 0.0526. The van der Waals surface area contributed by atoms with E-state index in [-0.39, 0.29) is 0 Å². The Kier molecular flexibility index (Phi) is 5.56. The topological polar surface area (TPSA) is 67.7 Å². The van der Waals surface area contributed by atoms with Crippen LogP contribution in [0.5, 0.6) is 5.75 Å². The Morgan fingerprint density at radius 1 is 1.12 bits per heavy atom. The summed E-state index contributed by atoms with van der Waals surface area (Å²) in [6.45, 7) is 0. The zero-order valence-electron chi connectivity index (χ0n) is 14.0. The van der Waals surface area contributed by atoms with Crippen molar-refractivity contribution >= 4 is 29.5 Å². The van der Waals surface area contributed by atoms with Crippen LogP contribution in [-0.4, -0.2) is 23.9 Å². The third-order valence-corrected chi connectivity index (χ3v) is 3.85. The first-order valence-corrected chi connectivity index (χ1v) is 8.21. The van der Waals surface area contributed by atoms with E-state index in [1.54, 1.807) is 37.6 Å². The van der Waals surface area contributed by atoms with Gasteiger partial charge in [-0.1, -0.05) is 11.6 Å². The van der Waals surface area contributed by atoms with E-state index in [9.17, 15) is 4.79 Å². The number of hydrazone groups is 1. The molecule has 26 heavy (non-hydrogen) atoms. The first-order valence-electron chi connectivity index (χ1n) is 7.83. The summed E-state index contributed by atoms with van der Waals surface area (Å²) in [7, 11) is 1.59. The lowest BCUT2D eigenvalue weighted by Gasteiger charge is -2.07. The number of carbonyl (C=O) groups excluding carboxylic acids is 1. The van der Waals surface area contributed by atoms with Crippen molar-refractivity contribution in [1.82, 2.24) is 9.99 Å². The normalized spacial score (nSPS) is 10.7. The Bertz CT molecular complexity index is 902. The van der Waals surface area contributed by atoms with Crippen LogP contribution in [0.1, 0.15) is 5.69 Å². The summed E-state index contributed by atoms with van der Waals surface area (Å²) in [4.78, 5) is 11.9. The van der Waals surface area contributed by atoms with Crippen molar-refractivity contribution in [2.75, 3.05) is 12.4 Å². The second-order valence-corrected chi connectivity index (χ2v) is 5.77. The molecule has 3 aromatic rings. The molecule has 0 aliphatic rings. The number of amides is 2. The third kappa shape index (κ3) is 4.43. The van der Waals surface area contributed by atoms with Crippen molar-refractivity contribution in [2.24, 2.45) is 5.10 Å². The van der Waals surface area contributed by atoms with Crippen molar-refractivity contribution in [1.29, 1.82) is 0 Å². The van der Waals surface area contributed by atoms with E-state index in [4.69, 9.17) is 16.3 Å². The molecule has 1 aromatic heterocycles. The molecule has 2 aromatic carbocycles. The number of halogens is 1. The van der Waals surface area contributed by atoms with Crippen LogP contribution in [0.15, 0.2) is 72.0 Å². The molecule has 3 rings (SSSR count). The standard InChI is InChI=1S/C19H17ClN4O2/c1-26-18-10-6-15(7-11-18)22-19(25)23-21-13-17-3-2-12-24(17)16-8-4-14(20)5-9-16/h2-13H,1H3,(H2,22,23,25)/b21-13+. The molecule has 1 heterocycles. The van der Waals surface area contributed by atoms with Gasteiger partial charge in [0.05, 0.1) is 19.0 Å². The van der Waals surface area contributed by atoms with Gasteiger partial charge in [0.1, 0.15) is 5.75 Å². The van der Waals surface area contributed by atoms with Crippen LogP contribution in [0.2, 0.25) is 5.02 Å². The molecule has 0 saturated carbocycles. The monoisotopic (exact) mass is 368 g/mol. The third-order valence-electron chi connectivity index (χ3n) is 3.60. The lowest BCUT2D eigenvalue weighted by Crippen LogP contribution is -2.24. The second kappa shape index (κ2) is 8.22. The van der Waals surface area contributed by atoms with Gasteiger partial charge < -0.3 is 14.6 Å². The lowest BCUT2D eigenvalue weighted by atomic mass is 10.3. The summed E-state index contributed by atoms with van der Waals surface area (Å²) in [5.41, 5.74) is 4.85. The van der Waals surface area contributed by atoms with E-state index in [0.717, 1.165) is 17.1 Å². The fourth-order valence-corrected chi connectivity index (χ4v) is 2.45. The molecular weight excluding hydrogens is 352 g/mol. The number of ether oxygens (including phenoxy) is 1. The van der Waals surface area contributed by atoms with Crippen LogP contribution in [0.25, 0.3) is 5.69 Å². The average molecular weight is 369 g/mol. The number of urea groups is 1. The number of nitrogens with one attached hydrogen (secondary N) is 2. The molecule has 132 valence electrons. The largest absolute Gasteiger partial charge is 0.497 e. The van der Waals surface area contributed by atoms with Gasteiger partial charge in [0.15, 0.2) is 0 Å². The number of hydrogen-bond donors (Lipinski definition) is 2. The fourth-order valence-electron chi connectivity index (χ4n) is 2.33. The maximum atomic E-state index is 11.9. The average Bonchev–Trinajstić information content (AvgIpc) is 3.11. The van der Waals surface area contributed by atoms with E-state index >= 15 is 0 Å². The van der Waals surface area contributed by atoms with E-state index in [2.05, 4.69) is 15.8 Å². The summed E-state index contributed by atoms with van der Waals surface area (Å²) < 4.78 is 7.01. The van der Waals surface area contributed by atoms with Crippen molar-refractivity contribution in [2.45, 2.75) is 0 Å². The van der Waals surface area contributed by atoms with Gasteiger partial charge in [-0.05, 0) is 60.7 Å². The lowest BCUT2D eigenvalue weighted by molar-refractivity contribution is 0.252. The summed E-state index contributed by atoms with van der Waals surface area (Å²) >= 11 is 5.92. The van der Waals surface area contributed by atoms with Crippen molar-refractivity contribution < 1.29 is 9.53 Å². The molecule has 7 heteroatoms. The van der Waals surface area contributed by atoms with Gasteiger partial charge in [-0.3, -0.25) is 0 Å². The maximum absolute atomic E-state index is 11.9. The van der Waals surface area contributed by atoms with Crippen LogP contribution in [0.4, 0.5) is 10.5 Å². The predicted octanol–water partition coefficient (Wildman–Crippen LogP) is 4.29. The van der Waals surface area contributed by atoms with Crippen LogP contribution in [0, 0.1) is 0 Å². The highest BCUT2D eigenvalue weighted by Crippen LogP contribution is 2.16. The molecule has 0 bridgehead atoms. The van der Waals surface area contributed by atoms with Gasteiger partial charge in [0, 0.05) is 22.6 Å². The number of hydrogen-bond acceptors (Lipinski definition) is 3. The number of nitrogens with zero attached hydrogens (tertiary/aromatic N) is 2. The van der Waals surface area contributed by atoms with Crippen LogP contribution >= 0.6 is 11.6 Å². The number of rotatable bonds is 5. The highest BCUT2D eigenvalue weighted by Gasteiger charge is 2.03. The van der Waals surface area contributed by atoms with Gasteiger partial charge in [-0.15, -0.1) is 0 Å². The molecule has 0 unspecified atom stereocenters. The summed E-state index contributed by atoms with van der Waals surface area (Å²) in [6, 6.07) is 17.8. The number of carbonyl (C=O) groups is 1. The smallest absolute Gasteiger partial charge is 0.339 e. The van der Waals surface area contributed by atoms with E-state index in [0.29, 0.717) is 10.7 Å². The maximum Gasteiger partial charge on any atom is 0.339 e. The van der Waals surface area contributed by atoms with Gasteiger partial charge in [-0.25, -0.2) is 10.2 Å². The van der Waals surface area contributed by atoms with Crippen LogP contribution in [-0.2, 0) is 0 Å². The molecule has 2 amide bonds. The molecule has 2 N–H and O–H groups in total. The minimum atomic E-state index is -0.434. The SMILES string of the molecule is COc1ccc(NC(=O)N/N=C/c2cccn2-c2ccc(Cl)cc2)cc1. The Labute approximate surface area is 156 Å². The van der Waals surface area contributed by atoms with Crippen molar-refractivity contribution in [3.63, 3.8) is 0 Å². The molecule has 0 saturated heterocycles. The van der Waals surface area contributed by atoms with Gasteiger partial charge in [0.2, 0.25) is 0 Å². The van der Waals surface area contributed by atoms with Crippen LogP contribution < -0.4 is 15.5 Å². The van der Waals surface area contributed by atoms with E-state index in [1.807, 2.05) is 47.2 Å². The van der Waals surface area contributed by atoms with Crippen molar-refractivity contribution in [3.05, 3.63) is 77.6 Å². The number of aromatic nitrogens is 1. The molecule has 0 atom stereocenters. The second-order valence-electron chi connectivity index (χ2n) is 5.33. The Morgan fingerprint density at radius 3 is 2.54 bits per heavy atom. The minimum absolute atomic E-state index is 0.434. The summed E-state index contributed by atoms with van der Waals surface area (Å²) in [5.74, 6) is 0.719. The molecule has 0 aliphatic heterocycles. The first-order chi connectivity index (χ1) is 12.7. The Morgan fingerprint density at radius 2 is 1.85 bits per heavy atom. The highest BCUT2D eigenvalue weighted by atomic mass is 35.5. The summed E-state index contributed by atoms with van der Waals surface area (Å²) in [6.07, 6.45) is 3.48. The number of anilines is 1. The summed E-state index contributed by atoms with van der Waals surface area (Å²) in [5, 5.41) is 7.35. The van der Waals surface area contributed by atoms with Crippen LogP contribution in [0.3, 0.4) is 0 Å². The number of methoxy groups -OCH3 is 1. The molecule has 0 fully saturated rings. The zero-order chi connectivity index (χ0) is 18.4. The molecule has 0 spiro atoms. The quantitative estimate of drug-likeness (QED) is 0.521. The van der Waals surface area contributed by atoms with Gasteiger partial charge >= 0.3 is 6.03 Å². The molecular formula is C19H17ClN4O2. The first kappa shape index (κ1) is 17.6. The van der Waals surface area contributed by atoms with E-state index < -0.39 is 6.03 Å². The van der Waals surface area contributed by atoms with Crippen molar-refractivity contribution in [3.8, 4) is 11.4 Å². The molecule has 0 radical (unpaired) electrons. The molecule has 0 aliphatic carbocycles. The van der Waals surface area contributed by atoms with Gasteiger partial charge in [0.25, 0.3) is 0 Å². The Balaban J connectivity index is 1.61. The van der Waals surface area contributed by atoms with E-state index in [1.165, 1.54) is 0 Å². The molecule has 6 nitrogen and oxygen atoms in total. The Hall–Kier alpha value is -3.25. The minimum Gasteiger partial charge on any atom is -0.497 e. The zero-order valence-corrected chi connectivity index (χ0v) is 14.8. The highest BCUT2D eigenvalue weighted by molar-refractivity contribution is 6.30.